The predicted molar refractivity (Wildman–Crippen MR) is 465 cm³/mol. The summed E-state index contributed by atoms with van der Waals surface area (Å²) in [7, 11) is 0. The summed E-state index contributed by atoms with van der Waals surface area (Å²) in [5, 5.41) is 46.0. The van der Waals surface area contributed by atoms with Crippen LogP contribution in [0.15, 0.2) is 0 Å². The molecule has 0 aromatic carbocycles. The highest BCUT2D eigenvalue weighted by molar-refractivity contribution is 5.76. The van der Waals surface area contributed by atoms with E-state index in [4.69, 9.17) is 0 Å². The molecule has 108 heavy (non-hydrogen) atoms. The Morgan fingerprint density at radius 1 is 0.204 bits per heavy atom. The number of rotatable bonds is 86. The average molecular weight is 1530 g/mol. The highest BCUT2D eigenvalue weighted by Gasteiger charge is 2.42. The van der Waals surface area contributed by atoms with Crippen molar-refractivity contribution in [3.63, 3.8) is 0 Å². The van der Waals surface area contributed by atoms with Crippen LogP contribution in [0.4, 0.5) is 0 Å². The first-order chi connectivity index (χ1) is 52.6. The first-order valence-corrected chi connectivity index (χ1v) is 48.4. The SMILES string of the molecule is CCCCCCCCCCC(CCCCCCCC)(CCN(CCN1CCN(CCN(CCC(CCCCCCCC)(CCCCCCCCCC)C(=O)O)CCC(CCCCCCCC)(CCCCCCCCCC)C(=O)O)CC1)CCC(CCCCCCCC)(CCCCCCCCCC)C(=O)O)C(=O)O. The fourth-order valence-electron chi connectivity index (χ4n) is 18.1. The van der Waals surface area contributed by atoms with Crippen LogP contribution in [0.5, 0.6) is 0 Å². The highest BCUT2D eigenvalue weighted by Crippen LogP contribution is 2.42. The van der Waals surface area contributed by atoms with Gasteiger partial charge in [0.05, 0.1) is 21.7 Å². The van der Waals surface area contributed by atoms with Crippen LogP contribution in [0.25, 0.3) is 0 Å². The molecule has 1 saturated heterocycles. The topological polar surface area (TPSA) is 162 Å². The van der Waals surface area contributed by atoms with E-state index in [9.17, 15) is 39.6 Å². The van der Waals surface area contributed by atoms with Gasteiger partial charge in [0.15, 0.2) is 0 Å². The number of carbonyl (C=O) groups is 4. The van der Waals surface area contributed by atoms with Crippen molar-refractivity contribution >= 4 is 23.9 Å². The van der Waals surface area contributed by atoms with Crippen LogP contribution >= 0.6 is 0 Å². The molecule has 4 atom stereocenters. The largest absolute Gasteiger partial charge is 0.481 e. The summed E-state index contributed by atoms with van der Waals surface area (Å²) >= 11 is 0. The summed E-state index contributed by atoms with van der Waals surface area (Å²) in [5.74, 6) is -2.53. The number of carboxylic acids is 4. The van der Waals surface area contributed by atoms with Crippen LogP contribution in [0.2, 0.25) is 0 Å². The second-order valence-corrected chi connectivity index (χ2v) is 35.7. The molecule has 0 spiro atoms. The van der Waals surface area contributed by atoms with Gasteiger partial charge in [0.25, 0.3) is 0 Å². The first kappa shape index (κ1) is 104. The minimum absolute atomic E-state index is 0.602. The Balaban J connectivity index is 3.81. The van der Waals surface area contributed by atoms with Crippen molar-refractivity contribution in [2.75, 3.05) is 78.5 Å². The van der Waals surface area contributed by atoms with Crippen molar-refractivity contribution < 1.29 is 39.6 Å². The molecule has 1 aliphatic rings. The minimum atomic E-state index is -0.795. The van der Waals surface area contributed by atoms with E-state index in [0.29, 0.717) is 103 Å². The van der Waals surface area contributed by atoms with Gasteiger partial charge in [-0.15, -0.1) is 0 Å². The molecule has 0 bridgehead atoms. The zero-order chi connectivity index (χ0) is 79.2. The van der Waals surface area contributed by atoms with Gasteiger partial charge in [-0.2, -0.15) is 0 Å². The summed E-state index contributed by atoms with van der Waals surface area (Å²) in [6.45, 7) is 27.7. The zero-order valence-electron chi connectivity index (χ0n) is 73.8. The number of carboxylic acid groups (broad SMARTS) is 4. The molecule has 0 aromatic heterocycles. The molecule has 12 nitrogen and oxygen atoms in total. The van der Waals surface area contributed by atoms with E-state index in [-0.39, 0.29) is 0 Å². The van der Waals surface area contributed by atoms with Crippen LogP contribution in [0.3, 0.4) is 0 Å². The second-order valence-electron chi connectivity index (χ2n) is 35.7. The van der Waals surface area contributed by atoms with Gasteiger partial charge < -0.3 is 30.2 Å². The van der Waals surface area contributed by atoms with Gasteiger partial charge >= 0.3 is 23.9 Å². The maximum atomic E-state index is 14.0. The molecule has 4 N–H and O–H groups in total. The average Bonchev–Trinajstić information content (AvgIpc) is 0.847. The van der Waals surface area contributed by atoms with Gasteiger partial charge in [0.2, 0.25) is 0 Å². The molecule has 640 valence electrons. The van der Waals surface area contributed by atoms with Crippen LogP contribution in [0, 0.1) is 21.7 Å². The highest BCUT2D eigenvalue weighted by atomic mass is 16.4. The van der Waals surface area contributed by atoms with E-state index < -0.39 is 45.5 Å². The van der Waals surface area contributed by atoms with E-state index in [2.05, 4.69) is 75.0 Å². The fourth-order valence-corrected chi connectivity index (χ4v) is 18.1. The van der Waals surface area contributed by atoms with Gasteiger partial charge in [-0.3, -0.25) is 29.0 Å². The van der Waals surface area contributed by atoms with Crippen LogP contribution < -0.4 is 0 Å². The quantitative estimate of drug-likeness (QED) is 0.0427. The van der Waals surface area contributed by atoms with Gasteiger partial charge in [-0.25, -0.2) is 0 Å². The Morgan fingerprint density at radius 3 is 0.463 bits per heavy atom. The molecule has 1 heterocycles. The lowest BCUT2D eigenvalue weighted by Gasteiger charge is -2.39. The Hall–Kier alpha value is -2.28. The van der Waals surface area contributed by atoms with Gasteiger partial charge in [0, 0.05) is 52.4 Å². The Bertz CT molecular complexity index is 1770. The third kappa shape index (κ3) is 51.5. The van der Waals surface area contributed by atoms with Crippen molar-refractivity contribution in [3.8, 4) is 0 Å². The lowest BCUT2D eigenvalue weighted by Crippen LogP contribution is -2.50. The monoisotopic (exact) mass is 1530 g/mol. The zero-order valence-corrected chi connectivity index (χ0v) is 73.8. The molecule has 4 unspecified atom stereocenters. The number of hydrogen-bond acceptors (Lipinski definition) is 8. The smallest absolute Gasteiger partial charge is 0.309 e. The van der Waals surface area contributed by atoms with E-state index in [0.717, 1.165) is 181 Å². The van der Waals surface area contributed by atoms with Crippen LogP contribution in [-0.2, 0) is 19.2 Å². The maximum Gasteiger partial charge on any atom is 0.309 e. The number of unbranched alkanes of at least 4 members (excludes halogenated alkanes) is 48. The molecule has 0 amide bonds. The Labute approximate surface area is 671 Å². The molecule has 0 radical (unpaired) electrons. The number of nitrogens with zero attached hydrogens (tertiary/aromatic N) is 4. The third-order valence-electron chi connectivity index (χ3n) is 26.4. The molecular formula is C96H188N4O8. The van der Waals surface area contributed by atoms with Crippen LogP contribution in [-0.4, -0.2) is 142 Å². The molecule has 0 aliphatic carbocycles. The van der Waals surface area contributed by atoms with Crippen molar-refractivity contribution in [1.29, 1.82) is 0 Å². The van der Waals surface area contributed by atoms with Crippen molar-refractivity contribution in [2.45, 2.75) is 492 Å². The Kier molecular flexibility index (Phi) is 68.5. The minimum Gasteiger partial charge on any atom is -0.481 e. The van der Waals surface area contributed by atoms with Gasteiger partial charge in [-0.1, -0.05) is 415 Å². The maximum absolute atomic E-state index is 14.0. The first-order valence-electron chi connectivity index (χ1n) is 48.4. The summed E-state index contributed by atoms with van der Waals surface area (Å²) < 4.78 is 0. The van der Waals surface area contributed by atoms with Gasteiger partial charge in [-0.05, 0) is 103 Å². The van der Waals surface area contributed by atoms with Crippen molar-refractivity contribution in [1.82, 2.24) is 19.6 Å². The molecule has 1 rings (SSSR count). The molecule has 1 fully saturated rings. The second kappa shape index (κ2) is 71.3. The Morgan fingerprint density at radius 2 is 0.333 bits per heavy atom. The lowest BCUT2D eigenvalue weighted by molar-refractivity contribution is -0.152. The third-order valence-corrected chi connectivity index (χ3v) is 26.4. The fraction of sp³-hybridized carbons (Fsp3) is 0.958. The standard InChI is InChI=1S/C96H188N4O8/c1-9-17-25-33-41-45-53-61-69-93(89(101)102,65-57-49-37-29-21-13-5)73-77-97(78-74-94(90(103)104,66-58-50-38-30-22-14-6)70-62-54-46-42-34-26-18-10-2)81-83-99-85-87-100(88-86-99)84-82-98(79-75-95(91(105)106,67-59-51-39-31-23-15-7)71-63-55-47-43-35-27-19-11-3)80-76-96(92(107)108,68-60-52-40-32-24-16-8)72-64-56-48-44-36-28-20-12-4/h9-88H2,1-8H3,(H,101,102)(H,103,104)(H,105,106)(H,107,108). The van der Waals surface area contributed by atoms with E-state index >= 15 is 0 Å². The predicted octanol–water partition coefficient (Wildman–Crippen LogP) is 28.2. The molecular weight excluding hydrogens is 1340 g/mol. The number of piperazine rings is 1. The lowest BCUT2D eigenvalue weighted by atomic mass is 9.74. The molecule has 1 aliphatic heterocycles. The molecule has 0 aromatic rings. The molecule has 12 heteroatoms. The van der Waals surface area contributed by atoms with Crippen molar-refractivity contribution in [3.05, 3.63) is 0 Å². The molecule has 0 saturated carbocycles. The normalized spacial score (nSPS) is 15.4. The van der Waals surface area contributed by atoms with Crippen LogP contribution in [0.1, 0.15) is 492 Å². The van der Waals surface area contributed by atoms with E-state index in [1.807, 2.05) is 0 Å². The summed E-state index contributed by atoms with van der Waals surface area (Å²) in [4.78, 5) is 66.3. The van der Waals surface area contributed by atoms with Crippen molar-refractivity contribution in [2.24, 2.45) is 21.7 Å². The summed E-state index contributed by atoms with van der Waals surface area (Å²) in [6, 6.07) is 0. The number of aliphatic carboxylic acids is 4. The summed E-state index contributed by atoms with van der Waals surface area (Å²) in [5.41, 5.74) is -3.18. The van der Waals surface area contributed by atoms with Gasteiger partial charge in [0.1, 0.15) is 0 Å². The van der Waals surface area contributed by atoms with E-state index in [1.54, 1.807) is 0 Å². The van der Waals surface area contributed by atoms with E-state index in [1.165, 1.54) is 231 Å². The summed E-state index contributed by atoms with van der Waals surface area (Å²) in [6.07, 6.45) is 73.3. The number of hydrogen-bond donors (Lipinski definition) is 4.